The normalized spacial score (nSPS) is 11.6. The van der Waals surface area contributed by atoms with Gasteiger partial charge in [0.1, 0.15) is 23.4 Å². The average molecular weight is 418 g/mol. The molecule has 11 heteroatoms. The summed E-state index contributed by atoms with van der Waals surface area (Å²) < 4.78 is 42.0. The molecule has 0 radical (unpaired) electrons. The Kier molecular flexibility index (Phi) is 5.99. The van der Waals surface area contributed by atoms with Gasteiger partial charge in [-0.25, -0.2) is 27.5 Å². The van der Waals surface area contributed by atoms with E-state index in [1.54, 1.807) is 26.0 Å². The van der Waals surface area contributed by atoms with Crippen molar-refractivity contribution in [2.75, 3.05) is 18.4 Å². The van der Waals surface area contributed by atoms with Gasteiger partial charge in [0.2, 0.25) is 10.0 Å². The van der Waals surface area contributed by atoms with Gasteiger partial charge in [-0.15, -0.1) is 0 Å². The zero-order valence-corrected chi connectivity index (χ0v) is 16.6. The van der Waals surface area contributed by atoms with Gasteiger partial charge in [-0.1, -0.05) is 13.8 Å². The van der Waals surface area contributed by atoms with E-state index in [9.17, 15) is 17.6 Å². The van der Waals surface area contributed by atoms with Crippen molar-refractivity contribution in [2.45, 2.75) is 18.7 Å². The minimum Gasteiger partial charge on any atom is -0.321 e. The maximum atomic E-state index is 14.2. The fraction of sp³-hybridized carbons (Fsp3) is 0.222. The molecule has 0 unspecified atom stereocenters. The van der Waals surface area contributed by atoms with E-state index in [-0.39, 0.29) is 18.7 Å². The first kappa shape index (κ1) is 20.6. The van der Waals surface area contributed by atoms with E-state index in [0.29, 0.717) is 11.5 Å². The minimum absolute atomic E-state index is 0.0116. The summed E-state index contributed by atoms with van der Waals surface area (Å²) in [6.45, 7) is 3.70. The third kappa shape index (κ3) is 4.30. The summed E-state index contributed by atoms with van der Waals surface area (Å²) in [7, 11) is -4.04. The van der Waals surface area contributed by atoms with E-state index in [1.807, 2.05) is 0 Å². The Hall–Kier alpha value is -3.18. The molecule has 2 heterocycles. The Labute approximate surface area is 167 Å². The molecule has 1 N–H and O–H groups in total. The summed E-state index contributed by atoms with van der Waals surface area (Å²) in [6.07, 6.45) is 4.28. The second kappa shape index (κ2) is 8.45. The standard InChI is InChI=1S/C18H19FN6O3S/c1-3-24(4-2)29(27,28)16-9-13(5-7-15(16)19)18(26)23-14-6-8-17(21-10-14)25-12-20-11-22-25/h5-12H,3-4H2,1-2H3,(H,23,26). The largest absolute Gasteiger partial charge is 0.321 e. The first-order valence-electron chi connectivity index (χ1n) is 8.79. The number of carbonyl (C=O) groups excluding carboxylic acids is 1. The summed E-state index contributed by atoms with van der Waals surface area (Å²) in [5.74, 6) is -0.988. The van der Waals surface area contributed by atoms with Crippen molar-refractivity contribution in [1.82, 2.24) is 24.1 Å². The number of sulfonamides is 1. The van der Waals surface area contributed by atoms with Crippen molar-refractivity contribution >= 4 is 21.6 Å². The van der Waals surface area contributed by atoms with E-state index in [1.165, 1.54) is 29.6 Å². The topological polar surface area (TPSA) is 110 Å². The zero-order chi connectivity index (χ0) is 21.0. The number of halogens is 1. The van der Waals surface area contributed by atoms with Crippen molar-refractivity contribution in [3.05, 3.63) is 60.6 Å². The maximum absolute atomic E-state index is 14.2. The molecule has 0 fully saturated rings. The van der Waals surface area contributed by atoms with Crippen molar-refractivity contribution in [3.8, 4) is 5.82 Å². The lowest BCUT2D eigenvalue weighted by Crippen LogP contribution is -2.31. The summed E-state index contributed by atoms with van der Waals surface area (Å²) in [5, 5.41) is 6.56. The van der Waals surface area contributed by atoms with E-state index >= 15 is 0 Å². The zero-order valence-electron chi connectivity index (χ0n) is 15.8. The molecule has 2 aromatic heterocycles. The van der Waals surface area contributed by atoms with Crippen LogP contribution in [-0.2, 0) is 10.0 Å². The van der Waals surface area contributed by atoms with Crippen LogP contribution in [0.4, 0.5) is 10.1 Å². The second-order valence-electron chi connectivity index (χ2n) is 5.93. The Morgan fingerprint density at radius 2 is 1.97 bits per heavy atom. The lowest BCUT2D eigenvalue weighted by molar-refractivity contribution is 0.102. The number of benzene rings is 1. The fourth-order valence-corrected chi connectivity index (χ4v) is 4.22. The summed E-state index contributed by atoms with van der Waals surface area (Å²) in [6, 6.07) is 6.47. The van der Waals surface area contributed by atoms with E-state index in [2.05, 4.69) is 20.4 Å². The van der Waals surface area contributed by atoms with Crippen molar-refractivity contribution in [2.24, 2.45) is 0 Å². The molecule has 1 aromatic carbocycles. The smallest absolute Gasteiger partial charge is 0.255 e. The molecule has 0 spiro atoms. The van der Waals surface area contributed by atoms with E-state index < -0.39 is 26.6 Å². The van der Waals surface area contributed by atoms with Crippen molar-refractivity contribution < 1.29 is 17.6 Å². The molecule has 0 saturated heterocycles. The lowest BCUT2D eigenvalue weighted by Gasteiger charge is -2.19. The van der Waals surface area contributed by atoms with Crippen LogP contribution in [0, 0.1) is 5.82 Å². The van der Waals surface area contributed by atoms with Crippen LogP contribution in [0.25, 0.3) is 5.82 Å². The summed E-state index contributed by atoms with van der Waals surface area (Å²) in [4.78, 5) is 20.0. The number of nitrogens with zero attached hydrogens (tertiary/aromatic N) is 5. The van der Waals surface area contributed by atoms with Crippen LogP contribution in [-0.4, -0.2) is 51.5 Å². The first-order valence-corrected chi connectivity index (χ1v) is 10.2. The van der Waals surface area contributed by atoms with Gasteiger partial charge in [0.25, 0.3) is 5.91 Å². The molecule has 3 rings (SSSR count). The number of pyridine rings is 1. The molecule has 0 bridgehead atoms. The summed E-state index contributed by atoms with van der Waals surface area (Å²) in [5.41, 5.74) is 0.397. The molecular weight excluding hydrogens is 399 g/mol. The molecule has 0 aliphatic rings. The number of carbonyl (C=O) groups is 1. The Balaban J connectivity index is 1.83. The van der Waals surface area contributed by atoms with E-state index in [4.69, 9.17) is 0 Å². The highest BCUT2D eigenvalue weighted by atomic mass is 32.2. The average Bonchev–Trinajstić information content (AvgIpc) is 3.24. The lowest BCUT2D eigenvalue weighted by atomic mass is 10.2. The molecule has 0 atom stereocenters. The van der Waals surface area contributed by atoms with Gasteiger partial charge >= 0.3 is 0 Å². The molecule has 1 amide bonds. The van der Waals surface area contributed by atoms with Gasteiger partial charge in [-0.3, -0.25) is 4.79 Å². The van der Waals surface area contributed by atoms with Crippen LogP contribution in [0.5, 0.6) is 0 Å². The number of rotatable bonds is 7. The molecule has 0 aliphatic heterocycles. The van der Waals surface area contributed by atoms with Crippen molar-refractivity contribution in [3.63, 3.8) is 0 Å². The van der Waals surface area contributed by atoms with Gasteiger partial charge in [0.15, 0.2) is 5.82 Å². The van der Waals surface area contributed by atoms with E-state index in [0.717, 1.165) is 16.4 Å². The number of hydrogen-bond acceptors (Lipinski definition) is 6. The molecule has 29 heavy (non-hydrogen) atoms. The van der Waals surface area contributed by atoms with Gasteiger partial charge in [0.05, 0.1) is 11.9 Å². The number of aromatic nitrogens is 4. The fourth-order valence-electron chi connectivity index (χ4n) is 2.67. The van der Waals surface area contributed by atoms with Crippen LogP contribution >= 0.6 is 0 Å². The molecule has 0 aliphatic carbocycles. The predicted molar refractivity (Wildman–Crippen MR) is 104 cm³/mol. The Bertz CT molecular complexity index is 1100. The molecule has 0 saturated carbocycles. The van der Waals surface area contributed by atoms with Crippen LogP contribution in [0.2, 0.25) is 0 Å². The molecule has 9 nitrogen and oxygen atoms in total. The van der Waals surface area contributed by atoms with Gasteiger partial charge in [-0.05, 0) is 30.3 Å². The number of amides is 1. The van der Waals surface area contributed by atoms with Gasteiger partial charge < -0.3 is 5.32 Å². The van der Waals surface area contributed by atoms with Gasteiger partial charge in [0, 0.05) is 18.7 Å². The third-order valence-corrected chi connectivity index (χ3v) is 6.24. The van der Waals surface area contributed by atoms with Crippen LogP contribution in [0.15, 0.2) is 54.1 Å². The Morgan fingerprint density at radius 1 is 1.21 bits per heavy atom. The minimum atomic E-state index is -4.04. The predicted octanol–water partition coefficient (Wildman–Crippen LogP) is 2.08. The highest BCUT2D eigenvalue weighted by molar-refractivity contribution is 7.89. The third-order valence-electron chi connectivity index (χ3n) is 4.18. The van der Waals surface area contributed by atoms with Crippen LogP contribution in [0.1, 0.15) is 24.2 Å². The maximum Gasteiger partial charge on any atom is 0.255 e. The molecule has 3 aromatic rings. The first-order chi connectivity index (χ1) is 13.9. The summed E-state index contributed by atoms with van der Waals surface area (Å²) >= 11 is 0. The second-order valence-corrected chi connectivity index (χ2v) is 7.84. The Morgan fingerprint density at radius 3 is 2.55 bits per heavy atom. The number of hydrogen-bond donors (Lipinski definition) is 1. The quantitative estimate of drug-likeness (QED) is 0.629. The van der Waals surface area contributed by atoms with Crippen molar-refractivity contribution in [1.29, 1.82) is 0 Å². The SMILES string of the molecule is CCN(CC)S(=O)(=O)c1cc(C(=O)Nc2ccc(-n3cncn3)nc2)ccc1F. The van der Waals surface area contributed by atoms with Crippen LogP contribution < -0.4 is 5.32 Å². The van der Waals surface area contributed by atoms with Gasteiger partial charge in [-0.2, -0.15) is 9.40 Å². The molecular formula is C18H19FN6O3S. The highest BCUT2D eigenvalue weighted by Crippen LogP contribution is 2.21. The monoisotopic (exact) mass is 418 g/mol. The molecule has 152 valence electrons. The number of anilines is 1. The van der Waals surface area contributed by atoms with Crippen LogP contribution in [0.3, 0.4) is 0 Å². The number of nitrogens with one attached hydrogen (secondary N) is 1. The highest BCUT2D eigenvalue weighted by Gasteiger charge is 2.26.